The molecule has 2 aromatic heterocycles. The summed E-state index contributed by atoms with van der Waals surface area (Å²) in [5.41, 5.74) is 1.58. The van der Waals surface area contributed by atoms with Gasteiger partial charge >= 0.3 is 17.9 Å². The maximum atomic E-state index is 13.3. The number of alkyl halides is 1. The second kappa shape index (κ2) is 23.3. The second-order valence-corrected chi connectivity index (χ2v) is 14.6. The number of ether oxygens (including phenoxy) is 2. The largest absolute Gasteiger partial charge is 0.477 e. The van der Waals surface area contributed by atoms with Crippen molar-refractivity contribution in [3.05, 3.63) is 161 Å². The van der Waals surface area contributed by atoms with Crippen LogP contribution in [0.15, 0.2) is 75.5 Å². The number of carbonyl (C=O) groups excluding carboxylic acids is 3. The van der Waals surface area contributed by atoms with E-state index in [1.165, 1.54) is 52.3 Å². The molecule has 0 spiro atoms. The van der Waals surface area contributed by atoms with E-state index in [1.54, 1.807) is 46.7 Å². The van der Waals surface area contributed by atoms with E-state index < -0.39 is 63.9 Å². The molecule has 3 aromatic carbocycles. The van der Waals surface area contributed by atoms with Crippen LogP contribution < -0.4 is 11.1 Å². The van der Waals surface area contributed by atoms with Crippen molar-refractivity contribution in [3.63, 3.8) is 0 Å². The van der Waals surface area contributed by atoms with Crippen molar-refractivity contribution in [2.45, 2.75) is 53.0 Å². The Bertz CT molecular complexity index is 2740. The van der Waals surface area contributed by atoms with Crippen molar-refractivity contribution in [1.29, 1.82) is 0 Å². The van der Waals surface area contributed by atoms with Gasteiger partial charge < -0.3 is 19.5 Å². The van der Waals surface area contributed by atoms with Gasteiger partial charge in [-0.1, -0.05) is 34.1 Å². The first-order chi connectivity index (χ1) is 30.5. The summed E-state index contributed by atoms with van der Waals surface area (Å²) in [5, 5.41) is 9.54. The number of hydrogen-bond acceptors (Lipinski definition) is 9. The third kappa shape index (κ3) is 13.0. The van der Waals surface area contributed by atoms with Gasteiger partial charge in [0, 0.05) is 32.2 Å². The molecule has 0 amide bonds. The van der Waals surface area contributed by atoms with Gasteiger partial charge in [0.15, 0.2) is 40.7 Å². The number of carboxylic acid groups (broad SMARTS) is 1. The van der Waals surface area contributed by atoms with Crippen LogP contribution in [0.5, 0.6) is 0 Å². The van der Waals surface area contributed by atoms with Crippen LogP contribution in [0.2, 0.25) is 0 Å². The molecule has 350 valence electrons. The third-order valence-electron chi connectivity index (χ3n) is 9.85. The number of rotatable bonds is 10. The highest BCUT2D eigenvalue weighted by atomic mass is 79.9. The van der Waals surface area contributed by atoms with Crippen LogP contribution in [-0.2, 0) is 51.6 Å². The molecule has 1 N–H and O–H groups in total. The Labute approximate surface area is 377 Å². The lowest BCUT2D eigenvalue weighted by Gasteiger charge is -2.09. The highest BCUT2D eigenvalue weighted by molar-refractivity contribution is 9.08. The number of carbonyl (C=O) groups is 4. The first kappa shape index (κ1) is 52.7. The maximum Gasteiger partial charge on any atom is 0.345 e. The van der Waals surface area contributed by atoms with E-state index in [4.69, 9.17) is 14.6 Å². The lowest BCUT2D eigenvalue weighted by atomic mass is 10.2. The molecule has 0 unspecified atom stereocenters. The van der Waals surface area contributed by atoms with Crippen molar-refractivity contribution in [1.82, 2.24) is 23.6 Å². The molecule has 0 atom stereocenters. The SMILES string of the molecule is CCOC(=O)C1=C(C)N(C)CC1=O.CCOC(=O)c1c(C)n(C)n(Cc2ccc(F)c(F)c2)c1=O.Cc1c(C(=O)O)c(=O)n(Cc2ccc(F)c(F)c2)n1C.Fc1ccc(CBr)cc1F. The highest BCUT2D eigenvalue weighted by Crippen LogP contribution is 2.19. The average Bonchev–Trinajstić information content (AvgIpc) is 3.72. The van der Waals surface area contributed by atoms with E-state index in [9.17, 15) is 55.1 Å². The van der Waals surface area contributed by atoms with Gasteiger partial charge in [-0.3, -0.25) is 23.7 Å². The van der Waals surface area contributed by atoms with Crippen LogP contribution in [0, 0.1) is 48.8 Å². The van der Waals surface area contributed by atoms with Crippen LogP contribution >= 0.6 is 15.9 Å². The summed E-state index contributed by atoms with van der Waals surface area (Å²) in [7, 11) is 4.92. The number of aromatic carboxylic acids is 1. The van der Waals surface area contributed by atoms with Crippen molar-refractivity contribution in [2.75, 3.05) is 26.8 Å². The average molecular weight is 983 g/mol. The zero-order valence-corrected chi connectivity index (χ0v) is 38.1. The summed E-state index contributed by atoms with van der Waals surface area (Å²) in [6.07, 6.45) is 0. The summed E-state index contributed by atoms with van der Waals surface area (Å²) in [4.78, 5) is 71.6. The number of hydrogen-bond donors (Lipinski definition) is 1. The van der Waals surface area contributed by atoms with Crippen molar-refractivity contribution >= 4 is 39.6 Å². The van der Waals surface area contributed by atoms with E-state index in [0.29, 0.717) is 40.1 Å². The molecule has 65 heavy (non-hydrogen) atoms. The number of halogens is 7. The first-order valence-corrected chi connectivity index (χ1v) is 20.6. The molecule has 0 radical (unpaired) electrons. The summed E-state index contributed by atoms with van der Waals surface area (Å²) < 4.78 is 91.7. The van der Waals surface area contributed by atoms with Crippen LogP contribution in [0.3, 0.4) is 0 Å². The fourth-order valence-electron chi connectivity index (χ4n) is 6.08. The van der Waals surface area contributed by atoms with Gasteiger partial charge in [0.2, 0.25) is 0 Å². The quantitative estimate of drug-likeness (QED) is 0.0689. The number of ketones is 1. The number of likely N-dealkylation sites (N-methyl/N-ethyl adjacent to an activating group) is 1. The lowest BCUT2D eigenvalue weighted by Crippen LogP contribution is -2.25. The number of nitrogens with zero attached hydrogens (tertiary/aromatic N) is 5. The van der Waals surface area contributed by atoms with Gasteiger partial charge in [-0.15, -0.1) is 0 Å². The maximum absolute atomic E-state index is 13.3. The van der Waals surface area contributed by atoms with Crippen LogP contribution in [0.25, 0.3) is 0 Å². The zero-order valence-electron chi connectivity index (χ0n) is 36.5. The predicted molar refractivity (Wildman–Crippen MR) is 229 cm³/mol. The number of aromatic nitrogens is 4. The molecule has 3 heterocycles. The van der Waals surface area contributed by atoms with Crippen LogP contribution in [-0.4, -0.2) is 79.2 Å². The number of carboxylic acids is 1. The minimum atomic E-state index is -1.31. The van der Waals surface area contributed by atoms with Gasteiger partial charge in [-0.2, -0.15) is 0 Å². The smallest absolute Gasteiger partial charge is 0.345 e. The summed E-state index contributed by atoms with van der Waals surface area (Å²) >= 11 is 3.13. The van der Waals surface area contributed by atoms with E-state index in [1.807, 2.05) is 0 Å². The molecule has 0 fully saturated rings. The number of benzene rings is 3. The third-order valence-corrected chi connectivity index (χ3v) is 10.5. The number of esters is 2. The Hall–Kier alpha value is -6.64. The standard InChI is InChI=1S/C15H16F2N2O3.C13H12F2N2O3.C9H13NO3.C7H5BrF2/c1-4-22-15(21)13-9(2)18(3)19(14(13)20)8-10-5-6-11(16)12(17)7-10;1-7-11(13(19)20)12(18)17(16(7)2)6-8-3-4-9(14)10(15)5-8;1-4-13-9(12)8-6(2)10(3)5-7(8)11;8-4-5-1-2-6(9)7(10)3-5/h5-7H,4,8H2,1-3H3;3-5H,6H2,1-2H3,(H,19,20);4-5H2,1-3H3;1-3H,4H2. The van der Waals surface area contributed by atoms with Gasteiger partial charge in [-0.25, -0.2) is 50.1 Å². The molecule has 21 heteroatoms. The van der Waals surface area contributed by atoms with E-state index >= 15 is 0 Å². The fourth-order valence-corrected chi connectivity index (χ4v) is 6.43. The van der Waals surface area contributed by atoms with Crippen LogP contribution in [0.4, 0.5) is 26.3 Å². The van der Waals surface area contributed by atoms with Gasteiger partial charge in [0.1, 0.15) is 16.7 Å². The Morgan fingerprint density at radius 2 is 1.00 bits per heavy atom. The van der Waals surface area contributed by atoms with Crippen LogP contribution in [0.1, 0.15) is 69.6 Å². The summed E-state index contributed by atoms with van der Waals surface area (Å²) in [6.45, 7) is 8.96. The Balaban J connectivity index is 0.000000240. The minimum Gasteiger partial charge on any atom is -0.477 e. The molecule has 0 saturated heterocycles. The molecule has 0 aliphatic carbocycles. The Morgan fingerprint density at radius 1 is 0.615 bits per heavy atom. The van der Waals surface area contributed by atoms with Gasteiger partial charge in [0.05, 0.1) is 44.2 Å². The summed E-state index contributed by atoms with van der Waals surface area (Å²) in [5.74, 6) is -8.19. The van der Waals surface area contributed by atoms with Gasteiger partial charge in [0.25, 0.3) is 11.1 Å². The van der Waals surface area contributed by atoms with Crippen molar-refractivity contribution in [2.24, 2.45) is 14.1 Å². The zero-order chi connectivity index (χ0) is 49.0. The Kier molecular flexibility index (Phi) is 18.9. The first-order valence-electron chi connectivity index (χ1n) is 19.4. The van der Waals surface area contributed by atoms with E-state index in [0.717, 1.165) is 40.6 Å². The molecular formula is C44H46BrF6N5O9. The molecular weight excluding hydrogens is 936 g/mol. The molecule has 1 aliphatic rings. The molecule has 5 aromatic rings. The van der Waals surface area contributed by atoms with Gasteiger partial charge in [-0.05, 0) is 87.7 Å². The molecule has 0 bridgehead atoms. The number of Topliss-reactive ketones (excluding diaryl/α,β-unsaturated/α-hetero) is 1. The van der Waals surface area contributed by atoms with Crippen molar-refractivity contribution in [3.8, 4) is 0 Å². The normalized spacial score (nSPS) is 11.9. The van der Waals surface area contributed by atoms with Crippen molar-refractivity contribution < 1.29 is 60.1 Å². The minimum absolute atomic E-state index is 0.0206. The molecule has 14 nitrogen and oxygen atoms in total. The predicted octanol–water partition coefficient (Wildman–Crippen LogP) is 6.72. The molecule has 0 saturated carbocycles. The molecule has 6 rings (SSSR count). The highest BCUT2D eigenvalue weighted by Gasteiger charge is 2.31. The van der Waals surface area contributed by atoms with E-state index in [2.05, 4.69) is 15.9 Å². The monoisotopic (exact) mass is 981 g/mol. The molecule has 1 aliphatic heterocycles. The fraction of sp³-hybridized carbons (Fsp3) is 0.318. The summed E-state index contributed by atoms with van der Waals surface area (Å²) in [6, 6.07) is 10.5. The Morgan fingerprint density at radius 3 is 1.35 bits per heavy atom. The topological polar surface area (TPSA) is 164 Å². The number of allylic oxidation sites excluding steroid dienone is 1. The second-order valence-electron chi connectivity index (χ2n) is 14.1. The lowest BCUT2D eigenvalue weighted by molar-refractivity contribution is -0.139. The van der Waals surface area contributed by atoms with E-state index in [-0.39, 0.29) is 48.7 Å².